The second-order valence-corrected chi connectivity index (χ2v) is 7.62. The number of hydrogen-bond acceptors (Lipinski definition) is 7. The molecule has 0 unspecified atom stereocenters. The monoisotopic (exact) mass is 508 g/mol. The van der Waals surface area contributed by atoms with Crippen molar-refractivity contribution in [2.45, 2.75) is 26.3 Å². The number of halogens is 5. The molecule has 1 atom stereocenters. The second-order valence-electron chi connectivity index (χ2n) is 7.62. The highest BCUT2D eigenvalue weighted by atomic mass is 19.4. The third kappa shape index (κ3) is 4.75. The molecule has 0 radical (unpaired) electrons. The highest BCUT2D eigenvalue weighted by Gasteiger charge is 2.31. The van der Waals surface area contributed by atoms with Crippen LogP contribution in [0.5, 0.6) is 5.75 Å². The van der Waals surface area contributed by atoms with E-state index in [9.17, 15) is 27.5 Å². The highest BCUT2D eigenvalue weighted by Crippen LogP contribution is 2.30. The molecule has 188 valence electrons. The average Bonchev–Trinajstić information content (AvgIpc) is 3.11. The lowest BCUT2D eigenvalue weighted by molar-refractivity contribution is -0.274. The number of anilines is 2. The fraction of sp³-hybridized carbons (Fsp3) is 0.182. The summed E-state index contributed by atoms with van der Waals surface area (Å²) in [4.78, 5) is 20.7. The molecule has 2 heterocycles. The molecule has 2 aromatic carbocycles. The quantitative estimate of drug-likeness (QED) is 0.349. The summed E-state index contributed by atoms with van der Waals surface area (Å²) in [5.41, 5.74) is 5.59. The van der Waals surface area contributed by atoms with Crippen LogP contribution in [0.2, 0.25) is 0 Å². The summed E-state index contributed by atoms with van der Waals surface area (Å²) in [6.45, 7) is 3.21. The number of rotatable bonds is 5. The predicted octanol–water partition coefficient (Wildman–Crippen LogP) is 3.86. The molecule has 0 spiro atoms. The molecular weight excluding hydrogens is 491 g/mol. The number of amides is 1. The van der Waals surface area contributed by atoms with Crippen LogP contribution >= 0.6 is 0 Å². The van der Waals surface area contributed by atoms with E-state index in [2.05, 4.69) is 19.8 Å². The molecule has 0 aliphatic carbocycles. The lowest BCUT2D eigenvalue weighted by Crippen LogP contribution is -2.22. The van der Waals surface area contributed by atoms with Crippen LogP contribution in [0.15, 0.2) is 36.4 Å². The molecule has 4 rings (SSSR count). The van der Waals surface area contributed by atoms with Gasteiger partial charge in [0, 0.05) is 0 Å². The van der Waals surface area contributed by atoms with Gasteiger partial charge in [-0.25, -0.2) is 23.4 Å². The Labute approximate surface area is 199 Å². The van der Waals surface area contributed by atoms with Crippen LogP contribution in [-0.2, 0) is 4.79 Å². The Morgan fingerprint density at radius 3 is 2.56 bits per heavy atom. The number of benzene rings is 2. The van der Waals surface area contributed by atoms with Gasteiger partial charge in [0.2, 0.25) is 0 Å². The van der Waals surface area contributed by atoms with Crippen molar-refractivity contribution in [3.05, 3.63) is 65.1 Å². The van der Waals surface area contributed by atoms with Crippen molar-refractivity contribution < 1.29 is 36.6 Å². The van der Waals surface area contributed by atoms with Crippen molar-refractivity contribution in [2.24, 2.45) is 0 Å². The van der Waals surface area contributed by atoms with E-state index in [1.54, 1.807) is 13.8 Å². The zero-order chi connectivity index (χ0) is 26.4. The summed E-state index contributed by atoms with van der Waals surface area (Å²) in [5, 5.41) is 16.4. The SMILES string of the molecule is Cc1nc(N)c2c(n1)c(C)nn2-c1ccc(NC(=O)[C@H](O)c2cccc(OC(F)(F)F)c2)c(F)c1F. The molecule has 14 heteroatoms. The number of carbonyl (C=O) groups is 1. The second kappa shape index (κ2) is 9.03. The first-order chi connectivity index (χ1) is 16.9. The van der Waals surface area contributed by atoms with Gasteiger partial charge < -0.3 is 20.9 Å². The molecule has 2 aromatic heterocycles. The van der Waals surface area contributed by atoms with E-state index in [1.165, 1.54) is 0 Å². The van der Waals surface area contributed by atoms with Gasteiger partial charge >= 0.3 is 6.36 Å². The summed E-state index contributed by atoms with van der Waals surface area (Å²) < 4.78 is 72.0. The van der Waals surface area contributed by atoms with Crippen molar-refractivity contribution in [3.63, 3.8) is 0 Å². The largest absolute Gasteiger partial charge is 0.573 e. The minimum atomic E-state index is -4.98. The molecule has 0 saturated heterocycles. The standard InChI is InChI=1S/C22H17F5N6O3/c1-9-17-18(20(28)30-10(2)29-17)33(32-9)14-7-6-13(15(23)16(14)24)31-21(35)19(34)11-4-3-5-12(8-11)36-22(25,26)27/h3-8,19,34H,1-2H3,(H,31,35)(H2,28,29,30)/t19-/m1/s1. The Morgan fingerprint density at radius 1 is 1.14 bits per heavy atom. The minimum Gasteiger partial charge on any atom is -0.406 e. The molecular formula is C22H17F5N6O3. The number of nitrogens with zero attached hydrogens (tertiary/aromatic N) is 4. The number of nitrogens with two attached hydrogens (primary N) is 1. The maximum Gasteiger partial charge on any atom is 0.573 e. The highest BCUT2D eigenvalue weighted by molar-refractivity contribution is 5.95. The first kappa shape index (κ1) is 24.8. The Morgan fingerprint density at radius 2 is 1.86 bits per heavy atom. The number of fused-ring (bicyclic) bond motifs is 1. The van der Waals surface area contributed by atoms with E-state index in [-0.39, 0.29) is 22.6 Å². The lowest BCUT2D eigenvalue weighted by atomic mass is 10.1. The summed E-state index contributed by atoms with van der Waals surface area (Å²) >= 11 is 0. The molecule has 4 aromatic rings. The van der Waals surface area contributed by atoms with Crippen LogP contribution in [0.25, 0.3) is 16.7 Å². The van der Waals surface area contributed by atoms with Crippen LogP contribution in [0.1, 0.15) is 23.2 Å². The number of aliphatic hydroxyl groups excluding tert-OH is 1. The predicted molar refractivity (Wildman–Crippen MR) is 117 cm³/mol. The molecule has 0 saturated carbocycles. The molecule has 0 bridgehead atoms. The van der Waals surface area contributed by atoms with Gasteiger partial charge in [-0.3, -0.25) is 4.79 Å². The number of hydrogen-bond donors (Lipinski definition) is 3. The van der Waals surface area contributed by atoms with Gasteiger partial charge in [-0.15, -0.1) is 13.2 Å². The number of alkyl halides is 3. The molecule has 36 heavy (non-hydrogen) atoms. The van der Waals surface area contributed by atoms with Crippen molar-refractivity contribution in [2.75, 3.05) is 11.1 Å². The van der Waals surface area contributed by atoms with Crippen LogP contribution in [0.3, 0.4) is 0 Å². The molecule has 1 amide bonds. The number of aryl methyl sites for hydroxylation is 2. The fourth-order valence-electron chi connectivity index (χ4n) is 3.50. The van der Waals surface area contributed by atoms with E-state index >= 15 is 4.39 Å². The third-order valence-electron chi connectivity index (χ3n) is 5.03. The molecule has 0 aliphatic heterocycles. The van der Waals surface area contributed by atoms with Gasteiger partial charge in [0.1, 0.15) is 28.3 Å². The van der Waals surface area contributed by atoms with Gasteiger partial charge in [-0.2, -0.15) is 5.10 Å². The Balaban J connectivity index is 1.62. The first-order valence-corrected chi connectivity index (χ1v) is 10.2. The summed E-state index contributed by atoms with van der Waals surface area (Å²) in [6.07, 6.45) is -7.00. The number of aliphatic hydroxyl groups is 1. The summed E-state index contributed by atoms with van der Waals surface area (Å²) in [7, 11) is 0. The molecule has 9 nitrogen and oxygen atoms in total. The van der Waals surface area contributed by atoms with Crippen LogP contribution in [0.4, 0.5) is 33.5 Å². The van der Waals surface area contributed by atoms with Crippen LogP contribution < -0.4 is 15.8 Å². The molecule has 0 aliphatic rings. The van der Waals surface area contributed by atoms with Crippen molar-refractivity contribution in [1.82, 2.24) is 19.7 Å². The van der Waals surface area contributed by atoms with E-state index in [0.717, 1.165) is 41.1 Å². The van der Waals surface area contributed by atoms with Gasteiger partial charge in [0.05, 0.1) is 11.4 Å². The fourth-order valence-corrected chi connectivity index (χ4v) is 3.50. The summed E-state index contributed by atoms with van der Waals surface area (Å²) in [5.74, 6) is -4.41. The van der Waals surface area contributed by atoms with E-state index < -0.39 is 41.4 Å². The molecule has 0 fully saturated rings. The number of ether oxygens (including phenoxy) is 1. The topological polar surface area (TPSA) is 128 Å². The average molecular weight is 508 g/mol. The maximum atomic E-state index is 15.0. The number of nitrogen functional groups attached to an aromatic ring is 1. The van der Waals surface area contributed by atoms with Crippen LogP contribution in [-0.4, -0.2) is 37.1 Å². The van der Waals surface area contributed by atoms with Gasteiger partial charge in [-0.05, 0) is 43.7 Å². The number of nitrogens with one attached hydrogen (secondary N) is 1. The number of aromatic nitrogens is 4. The normalized spacial score (nSPS) is 12.6. The minimum absolute atomic E-state index is 0.00450. The Hall–Kier alpha value is -4.33. The zero-order valence-corrected chi connectivity index (χ0v) is 18.6. The smallest absolute Gasteiger partial charge is 0.406 e. The van der Waals surface area contributed by atoms with Crippen molar-refractivity contribution in [3.8, 4) is 11.4 Å². The van der Waals surface area contributed by atoms with E-state index in [4.69, 9.17) is 5.73 Å². The zero-order valence-electron chi connectivity index (χ0n) is 18.6. The first-order valence-electron chi connectivity index (χ1n) is 10.2. The van der Waals surface area contributed by atoms with Crippen molar-refractivity contribution in [1.29, 1.82) is 0 Å². The van der Waals surface area contributed by atoms with E-state index in [1.807, 2.05) is 5.32 Å². The van der Waals surface area contributed by atoms with Crippen molar-refractivity contribution >= 4 is 28.4 Å². The van der Waals surface area contributed by atoms with Crippen LogP contribution in [0, 0.1) is 25.5 Å². The lowest BCUT2D eigenvalue weighted by Gasteiger charge is -2.15. The maximum absolute atomic E-state index is 15.0. The van der Waals surface area contributed by atoms with Gasteiger partial charge in [0.15, 0.2) is 23.6 Å². The van der Waals surface area contributed by atoms with Gasteiger partial charge in [-0.1, -0.05) is 12.1 Å². The number of carbonyl (C=O) groups excluding carboxylic acids is 1. The summed E-state index contributed by atoms with van der Waals surface area (Å²) in [6, 6.07) is 6.17. The Kier molecular flexibility index (Phi) is 6.22. The third-order valence-corrected chi connectivity index (χ3v) is 5.03. The molecule has 4 N–H and O–H groups in total. The van der Waals surface area contributed by atoms with E-state index in [0.29, 0.717) is 17.0 Å². The Bertz CT molecular complexity index is 1490. The van der Waals surface area contributed by atoms with Gasteiger partial charge in [0.25, 0.3) is 5.91 Å².